The maximum Gasteiger partial charge on any atom is 0.326 e. The van der Waals surface area contributed by atoms with E-state index >= 15 is 0 Å². The summed E-state index contributed by atoms with van der Waals surface area (Å²) in [6, 6.07) is -3.02. The number of rotatable bonds is 15. The van der Waals surface area contributed by atoms with E-state index in [0.717, 1.165) is 0 Å². The Labute approximate surface area is 175 Å². The van der Waals surface area contributed by atoms with E-state index in [1.165, 1.54) is 0 Å². The normalized spacial score (nSPS) is 13.8. The molecule has 30 heavy (non-hydrogen) atoms. The van der Waals surface area contributed by atoms with Crippen LogP contribution in [0.4, 0.5) is 0 Å². The Bertz CT molecular complexity index is 612. The SMILES string of the molecule is CC(C)C(N)C(=O)NC(CCCCN)C(=O)NCC(=O)NC(CCC(N)=O)C(=O)O. The standard InChI is InChI=1S/C18H34N6O6/c1-10(2)15(21)17(28)24-11(5-3-4-8-19)16(27)22-9-14(26)23-12(18(29)30)6-7-13(20)25/h10-12,15H,3-9,19,21H2,1-2H3,(H2,20,25)(H,22,27)(H,23,26)(H,24,28)(H,29,30). The van der Waals surface area contributed by atoms with Gasteiger partial charge >= 0.3 is 5.97 Å². The lowest BCUT2D eigenvalue weighted by molar-refractivity contribution is -0.142. The van der Waals surface area contributed by atoms with Crippen molar-refractivity contribution in [3.05, 3.63) is 0 Å². The van der Waals surface area contributed by atoms with Gasteiger partial charge in [-0.05, 0) is 38.1 Å². The lowest BCUT2D eigenvalue weighted by atomic mass is 10.0. The van der Waals surface area contributed by atoms with Gasteiger partial charge in [0.2, 0.25) is 23.6 Å². The molecule has 0 heterocycles. The van der Waals surface area contributed by atoms with Crippen molar-refractivity contribution in [2.24, 2.45) is 23.1 Å². The van der Waals surface area contributed by atoms with E-state index in [1.54, 1.807) is 13.8 Å². The number of carbonyl (C=O) groups excluding carboxylic acids is 4. The summed E-state index contributed by atoms with van der Waals surface area (Å²) in [6.07, 6.45) is 1.14. The maximum absolute atomic E-state index is 12.4. The molecule has 0 saturated heterocycles. The minimum absolute atomic E-state index is 0.128. The van der Waals surface area contributed by atoms with Gasteiger partial charge in [0.1, 0.15) is 12.1 Å². The second-order valence-electron chi connectivity index (χ2n) is 7.30. The van der Waals surface area contributed by atoms with Crippen LogP contribution in [0.5, 0.6) is 0 Å². The van der Waals surface area contributed by atoms with Gasteiger partial charge in [-0.2, -0.15) is 0 Å². The van der Waals surface area contributed by atoms with Gasteiger partial charge in [-0.15, -0.1) is 0 Å². The zero-order valence-corrected chi connectivity index (χ0v) is 17.5. The summed E-state index contributed by atoms with van der Waals surface area (Å²) in [5, 5.41) is 16.2. The second-order valence-corrected chi connectivity index (χ2v) is 7.30. The molecule has 0 radical (unpaired) electrons. The van der Waals surface area contributed by atoms with Gasteiger partial charge in [0, 0.05) is 6.42 Å². The Kier molecular flexibility index (Phi) is 13.0. The van der Waals surface area contributed by atoms with Crippen molar-refractivity contribution in [2.45, 2.75) is 64.1 Å². The highest BCUT2D eigenvalue weighted by atomic mass is 16.4. The third-order valence-corrected chi connectivity index (χ3v) is 4.34. The van der Waals surface area contributed by atoms with Gasteiger partial charge in [-0.1, -0.05) is 13.8 Å². The minimum atomic E-state index is -1.33. The van der Waals surface area contributed by atoms with Crippen molar-refractivity contribution < 1.29 is 29.1 Å². The van der Waals surface area contributed by atoms with Gasteiger partial charge < -0.3 is 38.3 Å². The molecule has 0 spiro atoms. The number of hydrogen-bond acceptors (Lipinski definition) is 7. The van der Waals surface area contributed by atoms with Crippen LogP contribution in [-0.4, -0.2) is 65.9 Å². The first-order valence-electron chi connectivity index (χ1n) is 9.83. The largest absolute Gasteiger partial charge is 0.480 e. The summed E-state index contributed by atoms with van der Waals surface area (Å²) in [7, 11) is 0. The van der Waals surface area contributed by atoms with Crippen molar-refractivity contribution in [1.29, 1.82) is 0 Å². The Morgan fingerprint density at radius 3 is 2.07 bits per heavy atom. The fraction of sp³-hybridized carbons (Fsp3) is 0.722. The topological polar surface area (TPSA) is 220 Å². The van der Waals surface area contributed by atoms with Crippen LogP contribution in [0, 0.1) is 5.92 Å². The van der Waals surface area contributed by atoms with Crippen molar-refractivity contribution in [3.8, 4) is 0 Å². The molecule has 0 fully saturated rings. The summed E-state index contributed by atoms with van der Waals surface area (Å²) < 4.78 is 0. The van der Waals surface area contributed by atoms with Crippen LogP contribution in [-0.2, 0) is 24.0 Å². The lowest BCUT2D eigenvalue weighted by Gasteiger charge is -2.22. The van der Waals surface area contributed by atoms with Crippen molar-refractivity contribution >= 4 is 29.6 Å². The molecule has 0 aliphatic heterocycles. The van der Waals surface area contributed by atoms with Crippen molar-refractivity contribution in [1.82, 2.24) is 16.0 Å². The Morgan fingerprint density at radius 1 is 0.933 bits per heavy atom. The van der Waals surface area contributed by atoms with E-state index in [9.17, 15) is 24.0 Å². The van der Waals surface area contributed by atoms with Crippen molar-refractivity contribution in [3.63, 3.8) is 0 Å². The highest BCUT2D eigenvalue weighted by Gasteiger charge is 2.26. The maximum atomic E-state index is 12.4. The van der Waals surface area contributed by atoms with Crippen LogP contribution >= 0.6 is 0 Å². The third-order valence-electron chi connectivity index (χ3n) is 4.34. The molecule has 3 unspecified atom stereocenters. The molecule has 4 amide bonds. The molecule has 0 bridgehead atoms. The van der Waals surface area contributed by atoms with E-state index in [4.69, 9.17) is 22.3 Å². The number of carboxylic acids is 1. The molecule has 0 saturated carbocycles. The van der Waals surface area contributed by atoms with Gasteiger partial charge in [0.15, 0.2) is 0 Å². The number of nitrogens with two attached hydrogens (primary N) is 3. The first-order valence-corrected chi connectivity index (χ1v) is 9.83. The highest BCUT2D eigenvalue weighted by Crippen LogP contribution is 2.04. The number of amides is 4. The molecular formula is C18H34N6O6. The Hall–Kier alpha value is -2.73. The average molecular weight is 431 g/mol. The molecule has 0 aromatic carbocycles. The summed E-state index contributed by atoms with van der Waals surface area (Å²) >= 11 is 0. The molecule has 12 nitrogen and oxygen atoms in total. The van der Waals surface area contributed by atoms with E-state index in [1.807, 2.05) is 0 Å². The van der Waals surface area contributed by atoms with Crippen LogP contribution in [0.15, 0.2) is 0 Å². The zero-order chi connectivity index (χ0) is 23.3. The monoisotopic (exact) mass is 430 g/mol. The molecule has 12 heteroatoms. The highest BCUT2D eigenvalue weighted by molar-refractivity contribution is 5.92. The number of carbonyl (C=O) groups is 5. The summed E-state index contributed by atoms with van der Waals surface area (Å²) in [5.41, 5.74) is 16.2. The van der Waals surface area contributed by atoms with Gasteiger partial charge in [0.25, 0.3) is 0 Å². The second kappa shape index (κ2) is 14.3. The summed E-state index contributed by atoms with van der Waals surface area (Å²) in [6.45, 7) is 3.47. The lowest BCUT2D eigenvalue weighted by Crippen LogP contribution is -2.54. The summed E-state index contributed by atoms with van der Waals surface area (Å²) in [5.74, 6) is -4.00. The first-order chi connectivity index (χ1) is 14.0. The zero-order valence-electron chi connectivity index (χ0n) is 17.5. The van der Waals surface area contributed by atoms with Crippen LogP contribution in [0.1, 0.15) is 46.0 Å². The van der Waals surface area contributed by atoms with Gasteiger partial charge in [-0.25, -0.2) is 4.79 Å². The summed E-state index contributed by atoms with van der Waals surface area (Å²) in [4.78, 5) is 58.6. The van der Waals surface area contributed by atoms with E-state index in [0.29, 0.717) is 25.8 Å². The quantitative estimate of drug-likeness (QED) is 0.138. The number of carboxylic acid groups (broad SMARTS) is 1. The first kappa shape index (κ1) is 27.3. The minimum Gasteiger partial charge on any atom is -0.480 e. The van der Waals surface area contributed by atoms with E-state index in [2.05, 4.69) is 16.0 Å². The van der Waals surface area contributed by atoms with Crippen LogP contribution < -0.4 is 33.2 Å². The van der Waals surface area contributed by atoms with Crippen molar-refractivity contribution in [2.75, 3.05) is 13.1 Å². The number of nitrogens with one attached hydrogen (secondary N) is 3. The molecule has 3 atom stereocenters. The molecule has 0 rings (SSSR count). The third kappa shape index (κ3) is 11.3. The number of unbranched alkanes of at least 4 members (excludes halogenated alkanes) is 1. The van der Waals surface area contributed by atoms with Crippen LogP contribution in [0.3, 0.4) is 0 Å². The molecule has 0 aromatic heterocycles. The van der Waals surface area contributed by atoms with Gasteiger partial charge in [0.05, 0.1) is 12.6 Å². The fourth-order valence-corrected chi connectivity index (χ4v) is 2.41. The van der Waals surface area contributed by atoms with E-state index < -0.39 is 54.3 Å². The fourth-order valence-electron chi connectivity index (χ4n) is 2.41. The molecule has 172 valence electrons. The molecule has 10 N–H and O–H groups in total. The molecule has 0 aliphatic rings. The number of aliphatic carboxylic acids is 1. The predicted octanol–water partition coefficient (Wildman–Crippen LogP) is -2.47. The Balaban J connectivity index is 4.83. The van der Waals surface area contributed by atoms with E-state index in [-0.39, 0.29) is 18.8 Å². The number of primary amides is 1. The smallest absolute Gasteiger partial charge is 0.326 e. The molecular weight excluding hydrogens is 396 g/mol. The number of hydrogen-bond donors (Lipinski definition) is 7. The average Bonchev–Trinajstić information content (AvgIpc) is 2.67. The van der Waals surface area contributed by atoms with Gasteiger partial charge in [-0.3, -0.25) is 19.2 Å². The van der Waals surface area contributed by atoms with Crippen LogP contribution in [0.25, 0.3) is 0 Å². The van der Waals surface area contributed by atoms with Crippen LogP contribution in [0.2, 0.25) is 0 Å². The molecule has 0 aromatic rings. The Morgan fingerprint density at radius 2 is 1.57 bits per heavy atom. The molecule has 0 aliphatic carbocycles. The predicted molar refractivity (Wildman–Crippen MR) is 109 cm³/mol.